The van der Waals surface area contributed by atoms with Crippen LogP contribution in [0.1, 0.15) is 0 Å². The first kappa shape index (κ1) is 6.09. The standard InChI is InChI=1S/C8H5N2O/c1-2-4-7(5-3-1)8-6-9-10-11-8/h1-5H. The fraction of sp³-hybridized carbons (Fsp3) is 0. The Balaban J connectivity index is 2.46. The molecule has 1 aromatic heterocycles. The van der Waals surface area contributed by atoms with Crippen LogP contribution in [0.4, 0.5) is 0 Å². The molecule has 3 nitrogen and oxygen atoms in total. The van der Waals surface area contributed by atoms with E-state index in [-0.39, 0.29) is 0 Å². The molecule has 53 valence electrons. The number of aromatic nitrogens is 2. The Morgan fingerprint density at radius 3 is 2.64 bits per heavy atom. The summed E-state index contributed by atoms with van der Waals surface area (Å²) in [6.45, 7) is 0. The molecular formula is C8H5N2O. The quantitative estimate of drug-likeness (QED) is 0.610. The van der Waals surface area contributed by atoms with E-state index in [9.17, 15) is 0 Å². The molecule has 0 saturated heterocycles. The first-order valence-electron chi connectivity index (χ1n) is 3.22. The molecule has 0 aliphatic heterocycles. The van der Waals surface area contributed by atoms with Gasteiger partial charge in [0, 0.05) is 10.8 Å². The zero-order valence-electron chi connectivity index (χ0n) is 5.69. The average Bonchev–Trinajstić information content (AvgIpc) is 2.58. The highest BCUT2D eigenvalue weighted by Gasteiger charge is 1.99. The van der Waals surface area contributed by atoms with Gasteiger partial charge in [-0.1, -0.05) is 30.3 Å². The fourth-order valence-electron chi connectivity index (χ4n) is 0.854. The van der Waals surface area contributed by atoms with E-state index >= 15 is 0 Å². The summed E-state index contributed by atoms with van der Waals surface area (Å²) in [5.41, 5.74) is 0.942. The third kappa shape index (κ3) is 1.12. The monoisotopic (exact) mass is 145 g/mol. The van der Waals surface area contributed by atoms with Gasteiger partial charge in [0.05, 0.1) is 0 Å². The van der Waals surface area contributed by atoms with Crippen LogP contribution in [0.15, 0.2) is 34.9 Å². The molecule has 1 aromatic carbocycles. The van der Waals surface area contributed by atoms with Crippen molar-refractivity contribution in [3.63, 3.8) is 0 Å². The second-order valence-electron chi connectivity index (χ2n) is 2.08. The zero-order chi connectivity index (χ0) is 7.52. The second kappa shape index (κ2) is 2.54. The third-order valence-corrected chi connectivity index (χ3v) is 1.36. The van der Waals surface area contributed by atoms with Crippen molar-refractivity contribution in [2.24, 2.45) is 0 Å². The summed E-state index contributed by atoms with van der Waals surface area (Å²) in [6.07, 6.45) is 2.63. The van der Waals surface area contributed by atoms with Gasteiger partial charge in [-0.05, 0) is 0 Å². The summed E-state index contributed by atoms with van der Waals surface area (Å²) in [7, 11) is 0. The highest BCUT2D eigenvalue weighted by Crippen LogP contribution is 2.14. The molecule has 0 bridgehead atoms. The molecule has 0 unspecified atom stereocenters. The molecule has 0 N–H and O–H groups in total. The summed E-state index contributed by atoms with van der Waals surface area (Å²) in [4.78, 5) is 0. The maximum atomic E-state index is 4.80. The van der Waals surface area contributed by atoms with Crippen molar-refractivity contribution >= 4 is 0 Å². The number of nitrogens with zero attached hydrogens (tertiary/aromatic N) is 2. The number of benzene rings is 1. The van der Waals surface area contributed by atoms with Crippen molar-refractivity contribution < 1.29 is 4.52 Å². The molecule has 0 aliphatic carbocycles. The molecule has 0 saturated carbocycles. The molecule has 0 fully saturated rings. The van der Waals surface area contributed by atoms with Crippen molar-refractivity contribution in [2.75, 3.05) is 0 Å². The molecule has 3 heteroatoms. The van der Waals surface area contributed by atoms with Crippen molar-refractivity contribution in [1.29, 1.82) is 0 Å². The summed E-state index contributed by atoms with van der Waals surface area (Å²) in [6, 6.07) is 9.61. The fourth-order valence-corrected chi connectivity index (χ4v) is 0.854. The van der Waals surface area contributed by atoms with Crippen molar-refractivity contribution in [3.8, 4) is 11.3 Å². The summed E-state index contributed by atoms with van der Waals surface area (Å²) in [5, 5.41) is 6.77. The van der Waals surface area contributed by atoms with Crippen LogP contribution in [0, 0.1) is 6.20 Å². The first-order valence-corrected chi connectivity index (χ1v) is 3.22. The van der Waals surface area contributed by atoms with Gasteiger partial charge in [-0.2, -0.15) is 0 Å². The van der Waals surface area contributed by atoms with E-state index in [0.29, 0.717) is 5.76 Å². The van der Waals surface area contributed by atoms with Crippen LogP contribution in [-0.4, -0.2) is 10.4 Å². The Bertz CT molecular complexity index is 315. The van der Waals surface area contributed by atoms with E-state index in [1.54, 1.807) is 0 Å². The topological polar surface area (TPSA) is 38.9 Å². The molecule has 0 spiro atoms. The predicted octanol–water partition coefficient (Wildman–Crippen LogP) is 1.54. The van der Waals surface area contributed by atoms with Crippen molar-refractivity contribution in [2.45, 2.75) is 0 Å². The molecular weight excluding hydrogens is 140 g/mol. The predicted molar refractivity (Wildman–Crippen MR) is 38.6 cm³/mol. The Hall–Kier alpha value is -1.64. The Morgan fingerprint density at radius 2 is 2.00 bits per heavy atom. The van der Waals surface area contributed by atoms with Crippen LogP contribution in [-0.2, 0) is 0 Å². The van der Waals surface area contributed by atoms with Gasteiger partial charge >= 0.3 is 0 Å². The van der Waals surface area contributed by atoms with E-state index in [1.165, 1.54) is 0 Å². The molecule has 1 heterocycles. The van der Waals surface area contributed by atoms with Crippen molar-refractivity contribution in [1.82, 2.24) is 10.4 Å². The van der Waals surface area contributed by atoms with Gasteiger partial charge in [0.25, 0.3) is 0 Å². The Labute approximate surface area is 63.6 Å². The van der Waals surface area contributed by atoms with E-state index < -0.39 is 0 Å². The Morgan fingerprint density at radius 1 is 1.18 bits per heavy atom. The smallest absolute Gasteiger partial charge is 0.197 e. The SMILES string of the molecule is [c]1nnoc1-c1ccccc1. The summed E-state index contributed by atoms with van der Waals surface area (Å²) >= 11 is 0. The number of hydrogen-bond donors (Lipinski definition) is 0. The molecule has 2 rings (SSSR count). The van der Waals surface area contributed by atoms with Crippen LogP contribution >= 0.6 is 0 Å². The average molecular weight is 145 g/mol. The number of hydrogen-bond acceptors (Lipinski definition) is 3. The van der Waals surface area contributed by atoms with E-state index in [2.05, 4.69) is 16.6 Å². The molecule has 2 aromatic rings. The van der Waals surface area contributed by atoms with Crippen molar-refractivity contribution in [3.05, 3.63) is 36.5 Å². The van der Waals surface area contributed by atoms with Gasteiger partial charge < -0.3 is 4.52 Å². The lowest BCUT2D eigenvalue weighted by atomic mass is 10.2. The maximum absolute atomic E-state index is 4.80. The van der Waals surface area contributed by atoms with E-state index in [4.69, 9.17) is 4.52 Å². The largest absolute Gasteiger partial charge is 0.336 e. The normalized spacial score (nSPS) is 9.82. The van der Waals surface area contributed by atoms with Gasteiger partial charge in [0.2, 0.25) is 0 Å². The van der Waals surface area contributed by atoms with Gasteiger partial charge in [0.1, 0.15) is 0 Å². The lowest BCUT2D eigenvalue weighted by molar-refractivity contribution is 0.403. The minimum Gasteiger partial charge on any atom is -0.336 e. The zero-order valence-corrected chi connectivity index (χ0v) is 5.69. The second-order valence-corrected chi connectivity index (χ2v) is 2.08. The molecule has 0 aliphatic rings. The lowest BCUT2D eigenvalue weighted by Crippen LogP contribution is -1.70. The van der Waals surface area contributed by atoms with Crippen LogP contribution in [0.2, 0.25) is 0 Å². The van der Waals surface area contributed by atoms with Crippen LogP contribution in [0.25, 0.3) is 11.3 Å². The highest BCUT2D eigenvalue weighted by molar-refractivity contribution is 5.54. The minimum atomic E-state index is 0.575. The van der Waals surface area contributed by atoms with Gasteiger partial charge in [-0.15, -0.1) is 5.10 Å². The Kier molecular flexibility index (Phi) is 1.41. The maximum Gasteiger partial charge on any atom is 0.197 e. The first-order chi connectivity index (χ1) is 5.47. The highest BCUT2D eigenvalue weighted by atomic mass is 16.5. The lowest BCUT2D eigenvalue weighted by Gasteiger charge is -1.89. The molecule has 11 heavy (non-hydrogen) atoms. The summed E-state index contributed by atoms with van der Waals surface area (Å²) in [5.74, 6) is 0.575. The van der Waals surface area contributed by atoms with Gasteiger partial charge in [0.15, 0.2) is 12.0 Å². The van der Waals surface area contributed by atoms with Crippen LogP contribution in [0.3, 0.4) is 0 Å². The molecule has 1 radical (unpaired) electrons. The minimum absolute atomic E-state index is 0.575. The van der Waals surface area contributed by atoms with Crippen LogP contribution < -0.4 is 0 Å². The van der Waals surface area contributed by atoms with Gasteiger partial charge in [-0.3, -0.25) is 0 Å². The van der Waals surface area contributed by atoms with E-state index in [1.807, 2.05) is 30.3 Å². The van der Waals surface area contributed by atoms with E-state index in [0.717, 1.165) is 5.56 Å². The van der Waals surface area contributed by atoms with Crippen LogP contribution in [0.5, 0.6) is 0 Å². The summed E-state index contributed by atoms with van der Waals surface area (Å²) < 4.78 is 4.80. The van der Waals surface area contributed by atoms with Gasteiger partial charge in [-0.25, -0.2) is 0 Å². The molecule has 0 atom stereocenters. The third-order valence-electron chi connectivity index (χ3n) is 1.36. The number of rotatable bonds is 1. The molecule has 0 amide bonds.